The van der Waals surface area contributed by atoms with E-state index in [4.69, 9.17) is 0 Å². The maximum atomic E-state index is 11.6. The highest BCUT2D eigenvalue weighted by Gasteiger charge is 2.23. The van der Waals surface area contributed by atoms with Crippen molar-refractivity contribution in [2.75, 3.05) is 0 Å². The minimum atomic E-state index is -4.66. The molecule has 0 saturated carbocycles. The summed E-state index contributed by atoms with van der Waals surface area (Å²) in [5, 5.41) is 28.1. The van der Waals surface area contributed by atoms with E-state index in [1.807, 2.05) is 0 Å². The number of rotatable bonds is 3. The van der Waals surface area contributed by atoms with E-state index >= 15 is 0 Å². The molecule has 0 aliphatic rings. The fraction of sp³-hybridized carbons (Fsp3) is 0. The monoisotopic (exact) mass is 344 g/mol. The first-order valence-electron chi connectivity index (χ1n) is 6.80. The number of benzene rings is 3. The van der Waals surface area contributed by atoms with Gasteiger partial charge in [0.05, 0.1) is 11.1 Å². The summed E-state index contributed by atoms with van der Waals surface area (Å²) >= 11 is 0. The lowest BCUT2D eigenvalue weighted by atomic mass is 10.1. The van der Waals surface area contributed by atoms with Crippen molar-refractivity contribution in [3.8, 4) is 11.5 Å². The second-order valence-corrected chi connectivity index (χ2v) is 6.35. The summed E-state index contributed by atoms with van der Waals surface area (Å²) in [5.74, 6) is -0.832. The molecule has 3 N–H and O–H groups in total. The van der Waals surface area contributed by atoms with Crippen molar-refractivity contribution in [1.29, 1.82) is 0 Å². The molecular weight excluding hydrogens is 332 g/mol. The molecule has 0 atom stereocenters. The highest BCUT2D eigenvalue weighted by atomic mass is 32.2. The van der Waals surface area contributed by atoms with Gasteiger partial charge in [0.2, 0.25) is 0 Å². The first kappa shape index (κ1) is 15.9. The SMILES string of the molecule is O=S(=O)(O)c1cc2cccc(O)c2c(O)c1N=Nc1ccccc1. The molecule has 122 valence electrons. The van der Waals surface area contributed by atoms with Crippen LogP contribution in [0.4, 0.5) is 11.4 Å². The van der Waals surface area contributed by atoms with Gasteiger partial charge < -0.3 is 10.2 Å². The van der Waals surface area contributed by atoms with E-state index in [1.54, 1.807) is 30.3 Å². The van der Waals surface area contributed by atoms with E-state index in [0.29, 0.717) is 5.69 Å². The van der Waals surface area contributed by atoms with Gasteiger partial charge in [-0.3, -0.25) is 4.55 Å². The fourth-order valence-corrected chi connectivity index (χ4v) is 2.93. The Labute approximate surface area is 137 Å². The third kappa shape index (κ3) is 2.92. The molecule has 0 bridgehead atoms. The first-order chi connectivity index (χ1) is 11.4. The Bertz CT molecular complexity index is 1050. The maximum Gasteiger partial charge on any atom is 0.296 e. The van der Waals surface area contributed by atoms with Crippen molar-refractivity contribution in [3.05, 3.63) is 54.6 Å². The highest BCUT2D eigenvalue weighted by molar-refractivity contribution is 7.86. The molecule has 0 spiro atoms. The van der Waals surface area contributed by atoms with Crippen molar-refractivity contribution in [3.63, 3.8) is 0 Å². The van der Waals surface area contributed by atoms with E-state index in [2.05, 4.69) is 10.2 Å². The molecule has 0 saturated heterocycles. The minimum absolute atomic E-state index is 0.0203. The molecule has 0 fully saturated rings. The topological polar surface area (TPSA) is 120 Å². The number of phenols is 2. The predicted octanol–water partition coefficient (Wildman–Crippen LogP) is 3.91. The van der Waals surface area contributed by atoms with Gasteiger partial charge in [-0.25, -0.2) is 0 Å². The number of hydrogen-bond acceptors (Lipinski definition) is 6. The van der Waals surface area contributed by atoms with Gasteiger partial charge in [0.15, 0.2) is 5.75 Å². The van der Waals surface area contributed by atoms with Crippen LogP contribution in [0.15, 0.2) is 69.7 Å². The van der Waals surface area contributed by atoms with Gasteiger partial charge in [0, 0.05) is 0 Å². The lowest BCUT2D eigenvalue weighted by molar-refractivity contribution is 0.460. The van der Waals surface area contributed by atoms with Crippen LogP contribution >= 0.6 is 0 Å². The minimum Gasteiger partial charge on any atom is -0.507 e. The van der Waals surface area contributed by atoms with Gasteiger partial charge in [0.1, 0.15) is 16.3 Å². The number of fused-ring (bicyclic) bond motifs is 1. The fourth-order valence-electron chi connectivity index (χ4n) is 2.28. The molecule has 0 heterocycles. The van der Waals surface area contributed by atoms with Gasteiger partial charge in [-0.2, -0.15) is 13.5 Å². The summed E-state index contributed by atoms with van der Waals surface area (Å²) in [6.07, 6.45) is 0. The van der Waals surface area contributed by atoms with Crippen LogP contribution in [-0.4, -0.2) is 23.2 Å². The summed E-state index contributed by atoms with van der Waals surface area (Å²) in [7, 11) is -4.66. The zero-order valence-corrected chi connectivity index (χ0v) is 13.0. The molecule has 0 unspecified atom stereocenters. The van der Waals surface area contributed by atoms with Crippen LogP contribution in [0.5, 0.6) is 11.5 Å². The predicted molar refractivity (Wildman–Crippen MR) is 87.7 cm³/mol. The zero-order valence-electron chi connectivity index (χ0n) is 12.2. The van der Waals surface area contributed by atoms with E-state index in [9.17, 15) is 23.2 Å². The van der Waals surface area contributed by atoms with Crippen molar-refractivity contribution in [2.24, 2.45) is 10.2 Å². The van der Waals surface area contributed by atoms with Gasteiger partial charge in [0.25, 0.3) is 10.1 Å². The summed E-state index contributed by atoms with van der Waals surface area (Å²) in [6.45, 7) is 0. The normalized spacial score (nSPS) is 12.0. The van der Waals surface area contributed by atoms with Crippen molar-refractivity contribution in [1.82, 2.24) is 0 Å². The van der Waals surface area contributed by atoms with E-state index in [0.717, 1.165) is 6.07 Å². The zero-order chi connectivity index (χ0) is 17.3. The lowest BCUT2D eigenvalue weighted by Gasteiger charge is -2.09. The second-order valence-electron chi connectivity index (χ2n) is 4.96. The van der Waals surface area contributed by atoms with Gasteiger partial charge in [-0.15, -0.1) is 5.11 Å². The summed E-state index contributed by atoms with van der Waals surface area (Å²) in [4.78, 5) is -0.599. The van der Waals surface area contributed by atoms with Crippen molar-refractivity contribution < 1.29 is 23.2 Å². The molecule has 7 nitrogen and oxygen atoms in total. The highest BCUT2D eigenvalue weighted by Crippen LogP contribution is 2.44. The first-order valence-corrected chi connectivity index (χ1v) is 8.24. The quantitative estimate of drug-likeness (QED) is 0.491. The smallest absolute Gasteiger partial charge is 0.296 e. The Hall–Kier alpha value is -2.97. The van der Waals surface area contributed by atoms with Crippen LogP contribution in [0.1, 0.15) is 0 Å². The number of hydrogen-bond donors (Lipinski definition) is 3. The van der Waals surface area contributed by atoms with Gasteiger partial charge in [-0.05, 0) is 29.7 Å². The molecule has 3 aromatic carbocycles. The molecular formula is C16H12N2O5S. The molecule has 8 heteroatoms. The van der Waals surface area contributed by atoms with Crippen LogP contribution in [0.25, 0.3) is 10.8 Å². The van der Waals surface area contributed by atoms with Crippen LogP contribution in [0, 0.1) is 0 Å². The molecule has 24 heavy (non-hydrogen) atoms. The number of azo groups is 1. The summed E-state index contributed by atoms with van der Waals surface area (Å²) in [6, 6.07) is 13.9. The van der Waals surface area contributed by atoms with E-state index in [1.165, 1.54) is 18.2 Å². The molecule has 0 aliphatic heterocycles. The summed E-state index contributed by atoms with van der Waals surface area (Å²) < 4.78 is 32.7. The molecule has 3 aromatic rings. The molecule has 0 radical (unpaired) electrons. The van der Waals surface area contributed by atoms with Crippen molar-refractivity contribution >= 4 is 32.3 Å². The molecule has 0 amide bonds. The van der Waals surface area contributed by atoms with Gasteiger partial charge in [-0.1, -0.05) is 30.3 Å². The Morgan fingerprint density at radius 2 is 1.58 bits per heavy atom. The maximum absolute atomic E-state index is 11.6. The third-order valence-electron chi connectivity index (χ3n) is 3.36. The number of nitrogens with zero attached hydrogens (tertiary/aromatic N) is 2. The molecule has 3 rings (SSSR count). The molecule has 0 aromatic heterocycles. The van der Waals surface area contributed by atoms with Gasteiger partial charge >= 0.3 is 0 Å². The van der Waals surface area contributed by atoms with Crippen LogP contribution in [0.3, 0.4) is 0 Å². The van der Waals surface area contributed by atoms with E-state index < -0.39 is 26.5 Å². The average Bonchev–Trinajstić information content (AvgIpc) is 2.54. The van der Waals surface area contributed by atoms with Crippen LogP contribution in [0.2, 0.25) is 0 Å². The lowest BCUT2D eigenvalue weighted by Crippen LogP contribution is -1.99. The van der Waals surface area contributed by atoms with E-state index in [-0.39, 0.29) is 16.5 Å². The van der Waals surface area contributed by atoms with Crippen molar-refractivity contribution in [2.45, 2.75) is 4.90 Å². The summed E-state index contributed by atoms with van der Waals surface area (Å²) in [5.41, 5.74) is -0.0223. The number of aromatic hydroxyl groups is 2. The van der Waals surface area contributed by atoms with Crippen LogP contribution < -0.4 is 0 Å². The Balaban J connectivity index is 2.30. The second kappa shape index (κ2) is 5.91. The van der Waals surface area contributed by atoms with Crippen LogP contribution in [-0.2, 0) is 10.1 Å². The molecule has 0 aliphatic carbocycles. The Kier molecular flexibility index (Phi) is 3.92. The Morgan fingerprint density at radius 1 is 0.875 bits per heavy atom. The largest absolute Gasteiger partial charge is 0.507 e. The standard InChI is InChI=1S/C16H12N2O5S/c19-12-8-4-5-10-9-13(24(21,22)23)15(16(20)14(10)12)18-17-11-6-2-1-3-7-11/h1-9,19-20H,(H,21,22,23). The third-order valence-corrected chi connectivity index (χ3v) is 4.22. The number of phenolic OH excluding ortho intramolecular Hbond substituents is 2. The Morgan fingerprint density at radius 3 is 2.25 bits per heavy atom. The average molecular weight is 344 g/mol.